The fourth-order valence-corrected chi connectivity index (χ4v) is 2.41. The first-order chi connectivity index (χ1) is 9.25. The van der Waals surface area contributed by atoms with Crippen molar-refractivity contribution < 1.29 is 9.18 Å². The summed E-state index contributed by atoms with van der Waals surface area (Å²) in [5.41, 5.74) is 2.98. The normalized spacial score (nSPS) is 13.3. The Morgan fingerprint density at radius 3 is 3.05 bits per heavy atom. The van der Waals surface area contributed by atoms with Gasteiger partial charge in [0.25, 0.3) is 5.91 Å². The molecule has 0 spiro atoms. The highest BCUT2D eigenvalue weighted by Gasteiger charge is 2.22. The van der Waals surface area contributed by atoms with E-state index in [9.17, 15) is 9.18 Å². The molecule has 0 atom stereocenters. The van der Waals surface area contributed by atoms with Gasteiger partial charge in [0.2, 0.25) is 0 Å². The standard InChI is InChI=1S/C14H14FN3O/c15-11-6-2-1-4-9(11)8-16-14(19)13-10-5-3-7-12(10)17-18-13/h1-2,4,6H,3,5,7-8H2,(H,16,19)(H,17,18). The van der Waals surface area contributed by atoms with Crippen molar-refractivity contribution in [2.75, 3.05) is 0 Å². The third-order valence-corrected chi connectivity index (χ3v) is 3.42. The van der Waals surface area contributed by atoms with E-state index in [4.69, 9.17) is 0 Å². The van der Waals surface area contributed by atoms with E-state index in [0.29, 0.717) is 11.3 Å². The molecule has 0 radical (unpaired) electrons. The summed E-state index contributed by atoms with van der Waals surface area (Å²) in [6.07, 6.45) is 2.88. The fourth-order valence-electron chi connectivity index (χ4n) is 2.41. The van der Waals surface area contributed by atoms with Gasteiger partial charge in [0, 0.05) is 23.4 Å². The summed E-state index contributed by atoms with van der Waals surface area (Å²) in [5, 5.41) is 9.64. The maximum atomic E-state index is 13.4. The van der Waals surface area contributed by atoms with Crippen LogP contribution in [0, 0.1) is 5.82 Å². The lowest BCUT2D eigenvalue weighted by Gasteiger charge is -2.05. The summed E-state index contributed by atoms with van der Waals surface area (Å²) in [6.45, 7) is 0.174. The maximum absolute atomic E-state index is 13.4. The lowest BCUT2D eigenvalue weighted by Crippen LogP contribution is -2.24. The van der Waals surface area contributed by atoms with Gasteiger partial charge in [-0.2, -0.15) is 5.10 Å². The zero-order valence-electron chi connectivity index (χ0n) is 10.4. The van der Waals surface area contributed by atoms with Crippen LogP contribution in [0.25, 0.3) is 0 Å². The van der Waals surface area contributed by atoms with Crippen molar-refractivity contribution in [1.29, 1.82) is 0 Å². The lowest BCUT2D eigenvalue weighted by atomic mass is 10.2. The summed E-state index contributed by atoms with van der Waals surface area (Å²) in [4.78, 5) is 12.0. The summed E-state index contributed by atoms with van der Waals surface area (Å²) in [7, 11) is 0. The number of aryl methyl sites for hydroxylation is 1. The highest BCUT2D eigenvalue weighted by Crippen LogP contribution is 2.22. The topological polar surface area (TPSA) is 57.8 Å². The highest BCUT2D eigenvalue weighted by molar-refractivity contribution is 5.94. The molecule has 0 saturated heterocycles. The Hall–Kier alpha value is -2.17. The molecule has 0 aliphatic heterocycles. The van der Waals surface area contributed by atoms with Crippen LogP contribution >= 0.6 is 0 Å². The Morgan fingerprint density at radius 2 is 2.21 bits per heavy atom. The predicted molar refractivity (Wildman–Crippen MR) is 68.2 cm³/mol. The van der Waals surface area contributed by atoms with Gasteiger partial charge in [-0.15, -0.1) is 0 Å². The zero-order chi connectivity index (χ0) is 13.2. The van der Waals surface area contributed by atoms with E-state index >= 15 is 0 Å². The molecule has 1 amide bonds. The smallest absolute Gasteiger partial charge is 0.272 e. The van der Waals surface area contributed by atoms with Gasteiger partial charge >= 0.3 is 0 Å². The quantitative estimate of drug-likeness (QED) is 0.885. The summed E-state index contributed by atoms with van der Waals surface area (Å²) in [5.74, 6) is -0.558. The van der Waals surface area contributed by atoms with E-state index < -0.39 is 0 Å². The minimum atomic E-state index is -0.310. The molecular formula is C14H14FN3O. The van der Waals surface area contributed by atoms with Crippen LogP contribution in [0.15, 0.2) is 24.3 Å². The molecule has 1 heterocycles. The van der Waals surface area contributed by atoms with Crippen molar-refractivity contribution in [2.45, 2.75) is 25.8 Å². The van der Waals surface area contributed by atoms with Gasteiger partial charge < -0.3 is 5.32 Å². The van der Waals surface area contributed by atoms with E-state index in [2.05, 4.69) is 15.5 Å². The van der Waals surface area contributed by atoms with Gasteiger partial charge in [0.15, 0.2) is 5.69 Å². The average Bonchev–Trinajstić information content (AvgIpc) is 2.99. The molecule has 0 unspecified atom stereocenters. The van der Waals surface area contributed by atoms with Crippen molar-refractivity contribution >= 4 is 5.91 Å². The number of amides is 1. The molecule has 1 aromatic carbocycles. The second-order valence-corrected chi connectivity index (χ2v) is 4.66. The number of hydrogen-bond acceptors (Lipinski definition) is 2. The second kappa shape index (κ2) is 4.84. The summed E-state index contributed by atoms with van der Waals surface area (Å²) in [6, 6.07) is 6.41. The molecule has 0 bridgehead atoms. The summed E-state index contributed by atoms with van der Waals surface area (Å²) < 4.78 is 13.4. The number of nitrogens with zero attached hydrogens (tertiary/aromatic N) is 1. The average molecular weight is 259 g/mol. The van der Waals surface area contributed by atoms with Crippen LogP contribution in [0.1, 0.15) is 33.7 Å². The number of halogens is 1. The number of nitrogens with one attached hydrogen (secondary N) is 2. The number of fused-ring (bicyclic) bond motifs is 1. The van der Waals surface area contributed by atoms with Crippen molar-refractivity contribution in [3.05, 3.63) is 52.6 Å². The number of benzene rings is 1. The molecule has 1 aliphatic rings. The Morgan fingerprint density at radius 1 is 1.37 bits per heavy atom. The maximum Gasteiger partial charge on any atom is 0.272 e. The van der Waals surface area contributed by atoms with Crippen molar-refractivity contribution in [1.82, 2.24) is 15.5 Å². The molecule has 19 heavy (non-hydrogen) atoms. The molecule has 5 heteroatoms. The van der Waals surface area contributed by atoms with Crippen LogP contribution in [0.3, 0.4) is 0 Å². The van der Waals surface area contributed by atoms with E-state index in [0.717, 1.165) is 30.5 Å². The number of carbonyl (C=O) groups is 1. The largest absolute Gasteiger partial charge is 0.346 e. The first-order valence-corrected chi connectivity index (χ1v) is 6.33. The van der Waals surface area contributed by atoms with Gasteiger partial charge in [-0.3, -0.25) is 9.89 Å². The van der Waals surface area contributed by atoms with Crippen molar-refractivity contribution in [3.63, 3.8) is 0 Å². The minimum absolute atomic E-state index is 0.174. The van der Waals surface area contributed by atoms with E-state index in [1.54, 1.807) is 18.2 Å². The van der Waals surface area contributed by atoms with Crippen LogP contribution in [-0.2, 0) is 19.4 Å². The van der Waals surface area contributed by atoms with Crippen LogP contribution in [-0.4, -0.2) is 16.1 Å². The first kappa shape index (κ1) is 11.9. The van der Waals surface area contributed by atoms with Crippen molar-refractivity contribution in [2.24, 2.45) is 0 Å². The number of carbonyl (C=O) groups excluding carboxylic acids is 1. The first-order valence-electron chi connectivity index (χ1n) is 6.33. The molecule has 0 saturated carbocycles. The zero-order valence-corrected chi connectivity index (χ0v) is 10.4. The molecule has 1 aromatic heterocycles. The number of rotatable bonds is 3. The van der Waals surface area contributed by atoms with Gasteiger partial charge in [0.1, 0.15) is 5.82 Å². The van der Waals surface area contributed by atoms with Crippen LogP contribution in [0.5, 0.6) is 0 Å². The van der Waals surface area contributed by atoms with Gasteiger partial charge in [-0.05, 0) is 25.3 Å². The third-order valence-electron chi connectivity index (χ3n) is 3.42. The Balaban J connectivity index is 1.70. The monoisotopic (exact) mass is 259 g/mol. The van der Waals surface area contributed by atoms with Crippen LogP contribution in [0.4, 0.5) is 4.39 Å². The molecule has 3 rings (SSSR count). The Labute approximate surface area is 110 Å². The molecular weight excluding hydrogens is 245 g/mol. The molecule has 4 nitrogen and oxygen atoms in total. The SMILES string of the molecule is O=C(NCc1ccccc1F)c1n[nH]c2c1CCC2. The molecule has 2 aromatic rings. The third kappa shape index (κ3) is 2.23. The number of aromatic nitrogens is 2. The van der Waals surface area contributed by atoms with Gasteiger partial charge in [0.05, 0.1) is 0 Å². The highest BCUT2D eigenvalue weighted by atomic mass is 19.1. The number of hydrogen-bond donors (Lipinski definition) is 2. The van der Waals surface area contributed by atoms with Crippen molar-refractivity contribution in [3.8, 4) is 0 Å². The van der Waals surface area contributed by atoms with E-state index in [1.165, 1.54) is 6.07 Å². The molecule has 0 fully saturated rings. The minimum Gasteiger partial charge on any atom is -0.346 e. The molecule has 1 aliphatic carbocycles. The Bertz CT molecular complexity index is 621. The Kier molecular flexibility index (Phi) is 3.03. The van der Waals surface area contributed by atoms with Crippen LogP contribution in [0.2, 0.25) is 0 Å². The number of H-pyrrole nitrogens is 1. The lowest BCUT2D eigenvalue weighted by molar-refractivity contribution is 0.0944. The van der Waals surface area contributed by atoms with Crippen LogP contribution < -0.4 is 5.32 Å². The fraction of sp³-hybridized carbons (Fsp3) is 0.286. The van der Waals surface area contributed by atoms with Gasteiger partial charge in [-0.25, -0.2) is 4.39 Å². The second-order valence-electron chi connectivity index (χ2n) is 4.66. The van der Waals surface area contributed by atoms with E-state index in [-0.39, 0.29) is 18.3 Å². The summed E-state index contributed by atoms with van der Waals surface area (Å²) >= 11 is 0. The molecule has 98 valence electrons. The van der Waals surface area contributed by atoms with E-state index in [1.807, 2.05) is 0 Å². The van der Waals surface area contributed by atoms with Gasteiger partial charge in [-0.1, -0.05) is 18.2 Å². The number of aromatic amines is 1. The molecule has 2 N–H and O–H groups in total. The predicted octanol–water partition coefficient (Wildman–Crippen LogP) is 1.97.